The second-order valence-electron chi connectivity index (χ2n) is 0.105. The van der Waals surface area contributed by atoms with Crippen molar-refractivity contribution in [1.82, 2.24) is 0 Å². The minimum absolute atomic E-state index is 0. The first-order chi connectivity index (χ1) is 1.41. The summed E-state index contributed by atoms with van der Waals surface area (Å²) in [5.41, 5.74) is 0. The third-order valence-electron chi connectivity index (χ3n) is 0. The van der Waals surface area contributed by atoms with Crippen LogP contribution in [-0.4, -0.2) is 4.89 Å². The third kappa shape index (κ3) is 9.66. The first-order valence-corrected chi connectivity index (χ1v) is 1.48. The standard InChI is InChI=1S/H3O2P.Sm/c1-3-2;/h3H2,(H,1,2);. The Labute approximate surface area is 58.0 Å². The van der Waals surface area contributed by atoms with E-state index in [1.807, 2.05) is 0 Å². The summed E-state index contributed by atoms with van der Waals surface area (Å²) in [5, 5.41) is 0. The van der Waals surface area contributed by atoms with Crippen LogP contribution in [0.15, 0.2) is 0 Å². The van der Waals surface area contributed by atoms with Gasteiger partial charge in [-0.3, -0.25) is 4.57 Å². The average Bonchev–Trinajstić information content (AvgIpc) is 0.918. The molecule has 0 amide bonds. The second kappa shape index (κ2) is 8.82. The van der Waals surface area contributed by atoms with Gasteiger partial charge in [0.05, 0.1) is 0 Å². The van der Waals surface area contributed by atoms with Crippen LogP contribution in [0, 0.1) is 40.4 Å². The number of rotatable bonds is 0. The van der Waals surface area contributed by atoms with E-state index in [1.165, 1.54) is 0 Å². The SMILES string of the molecule is O=[PH2]O.[Sm]. The fraction of sp³-hybridized carbons (Fsp3) is 0. The molecule has 0 aromatic carbocycles. The summed E-state index contributed by atoms with van der Waals surface area (Å²) in [6, 6.07) is 0. The van der Waals surface area contributed by atoms with Gasteiger partial charge in [0.15, 0.2) is 8.69 Å². The molecule has 0 saturated heterocycles. The van der Waals surface area contributed by atoms with Gasteiger partial charge in [0.25, 0.3) is 0 Å². The van der Waals surface area contributed by atoms with Gasteiger partial charge in [0.2, 0.25) is 0 Å². The monoisotopic (exact) mass is 218 g/mol. The van der Waals surface area contributed by atoms with Crippen molar-refractivity contribution in [3.05, 3.63) is 0 Å². The largest absolute Gasteiger partial charge is 0.348 e. The topological polar surface area (TPSA) is 37.3 Å². The van der Waals surface area contributed by atoms with Gasteiger partial charge in [0, 0.05) is 40.4 Å². The third-order valence-corrected chi connectivity index (χ3v) is 0. The molecule has 0 saturated carbocycles. The van der Waals surface area contributed by atoms with Crippen LogP contribution in [0.25, 0.3) is 0 Å². The molecule has 1 unspecified atom stereocenters. The Kier molecular flexibility index (Phi) is 20.1. The minimum Gasteiger partial charge on any atom is -0.348 e. The molecule has 26 valence electrons. The predicted octanol–water partition coefficient (Wildman–Crippen LogP) is -0.350. The molecule has 0 radical (unpaired) electrons. The van der Waals surface area contributed by atoms with Crippen molar-refractivity contribution in [3.63, 3.8) is 0 Å². The predicted molar refractivity (Wildman–Crippen MR) is 12.6 cm³/mol. The molecule has 4 heavy (non-hydrogen) atoms. The van der Waals surface area contributed by atoms with E-state index in [0.717, 1.165) is 0 Å². The molecule has 2 nitrogen and oxygen atoms in total. The summed E-state index contributed by atoms with van der Waals surface area (Å²) in [4.78, 5) is 7.10. The zero-order chi connectivity index (χ0) is 2.71. The van der Waals surface area contributed by atoms with Gasteiger partial charge in [-0.2, -0.15) is 0 Å². The van der Waals surface area contributed by atoms with Crippen molar-refractivity contribution in [2.75, 3.05) is 0 Å². The maximum atomic E-state index is 8.57. The molecular formula is H3O2PSm. The van der Waals surface area contributed by atoms with Crippen molar-refractivity contribution in [1.29, 1.82) is 0 Å². The average molecular weight is 216 g/mol. The fourth-order valence-corrected chi connectivity index (χ4v) is 0. The molecule has 1 N–H and O–H groups in total. The van der Waals surface area contributed by atoms with E-state index in [0.29, 0.717) is 0 Å². The smallest absolute Gasteiger partial charge is 0.177 e. The molecule has 0 bridgehead atoms. The molecule has 0 heterocycles. The molecule has 0 aromatic heterocycles. The van der Waals surface area contributed by atoms with Crippen LogP contribution < -0.4 is 0 Å². The summed E-state index contributed by atoms with van der Waals surface area (Å²) in [6.07, 6.45) is 0. The molecule has 4 heteroatoms. The molecule has 0 spiro atoms. The Balaban J connectivity index is 0. The molecular weight excluding hydrogens is 213 g/mol. The Bertz CT molecular complexity index is 13.5. The summed E-state index contributed by atoms with van der Waals surface area (Å²) >= 11 is 0. The summed E-state index contributed by atoms with van der Waals surface area (Å²) in [6.45, 7) is 0. The van der Waals surface area contributed by atoms with Crippen LogP contribution in [0.5, 0.6) is 0 Å². The molecule has 0 aliphatic carbocycles. The van der Waals surface area contributed by atoms with Crippen LogP contribution in [-0.2, 0) is 4.57 Å². The van der Waals surface area contributed by atoms with Gasteiger partial charge in [-0.1, -0.05) is 0 Å². The van der Waals surface area contributed by atoms with E-state index in [4.69, 9.17) is 9.46 Å². The van der Waals surface area contributed by atoms with Crippen LogP contribution in [0.1, 0.15) is 0 Å². The first kappa shape index (κ1) is 9.11. The molecule has 0 aliphatic rings. The summed E-state index contributed by atoms with van der Waals surface area (Å²) < 4.78 is 8.57. The van der Waals surface area contributed by atoms with Crippen LogP contribution >= 0.6 is 8.69 Å². The number of hydrogen-bond acceptors (Lipinski definition) is 1. The van der Waals surface area contributed by atoms with Crippen LogP contribution in [0.3, 0.4) is 0 Å². The van der Waals surface area contributed by atoms with Gasteiger partial charge in [-0.05, 0) is 0 Å². The van der Waals surface area contributed by atoms with E-state index in [-0.39, 0.29) is 40.4 Å². The fourth-order valence-electron chi connectivity index (χ4n) is 0. The van der Waals surface area contributed by atoms with Gasteiger partial charge >= 0.3 is 0 Å². The zero-order valence-corrected chi connectivity index (χ0v) is 5.62. The van der Waals surface area contributed by atoms with Crippen molar-refractivity contribution in [3.8, 4) is 0 Å². The summed E-state index contributed by atoms with van der Waals surface area (Å²) in [5.74, 6) is 0. The van der Waals surface area contributed by atoms with Crippen molar-refractivity contribution < 1.29 is 49.8 Å². The summed E-state index contributed by atoms with van der Waals surface area (Å²) in [7, 11) is -1.50. The maximum absolute atomic E-state index is 8.57. The van der Waals surface area contributed by atoms with Crippen LogP contribution in [0.2, 0.25) is 0 Å². The van der Waals surface area contributed by atoms with Gasteiger partial charge in [0.1, 0.15) is 0 Å². The Morgan fingerprint density at radius 1 is 1.75 bits per heavy atom. The van der Waals surface area contributed by atoms with E-state index in [1.54, 1.807) is 0 Å². The Hall–Kier alpha value is 1.53. The van der Waals surface area contributed by atoms with Gasteiger partial charge < -0.3 is 4.89 Å². The quantitative estimate of drug-likeness (QED) is 0.562. The van der Waals surface area contributed by atoms with E-state index >= 15 is 0 Å². The van der Waals surface area contributed by atoms with E-state index < -0.39 is 8.69 Å². The Morgan fingerprint density at radius 2 is 1.75 bits per heavy atom. The van der Waals surface area contributed by atoms with Crippen molar-refractivity contribution in [2.45, 2.75) is 0 Å². The van der Waals surface area contributed by atoms with Crippen LogP contribution in [0.4, 0.5) is 0 Å². The minimum atomic E-state index is -1.50. The van der Waals surface area contributed by atoms with Gasteiger partial charge in [-0.15, -0.1) is 0 Å². The first-order valence-electron chi connectivity index (χ1n) is 0.494. The van der Waals surface area contributed by atoms with E-state index in [9.17, 15) is 0 Å². The molecule has 1 atom stereocenters. The molecule has 0 aromatic rings. The maximum Gasteiger partial charge on any atom is 0.177 e. The van der Waals surface area contributed by atoms with Gasteiger partial charge in [-0.25, -0.2) is 0 Å². The van der Waals surface area contributed by atoms with E-state index in [2.05, 4.69) is 0 Å². The molecule has 0 aliphatic heterocycles. The molecule has 0 rings (SSSR count). The number of hydrogen-bond donors (Lipinski definition) is 1. The molecule has 0 fully saturated rings. The normalized spacial score (nSPS) is 7.25. The zero-order valence-electron chi connectivity index (χ0n) is 1.84. The van der Waals surface area contributed by atoms with Crippen molar-refractivity contribution >= 4 is 8.69 Å². The van der Waals surface area contributed by atoms with Crippen molar-refractivity contribution in [2.24, 2.45) is 0 Å². The second-order valence-corrected chi connectivity index (χ2v) is 0.316. The Morgan fingerprint density at radius 3 is 1.75 bits per heavy atom.